The molecule has 7 nitrogen and oxygen atoms in total. The summed E-state index contributed by atoms with van der Waals surface area (Å²) in [7, 11) is -5.52. The van der Waals surface area contributed by atoms with Crippen LogP contribution in [0.25, 0.3) is 22.2 Å². The molecule has 0 saturated heterocycles. The Balaban J connectivity index is 1.49. The average Bonchev–Trinajstić information content (AvgIpc) is 3.25. The molecule has 1 N–H and O–H groups in total. The Morgan fingerprint density at radius 2 is 1.71 bits per heavy atom. The monoisotopic (exact) mass is 505 g/mol. The fourth-order valence-corrected chi connectivity index (χ4v) is 3.90. The molecule has 0 spiro atoms. The highest BCUT2D eigenvalue weighted by atomic mass is 32.2. The molecule has 0 bridgehead atoms. The highest BCUT2D eigenvalue weighted by Gasteiger charge is 2.46. The number of nitrogens with zero attached hydrogens (tertiary/aromatic N) is 2. The molecule has 4 aromatic rings. The normalized spacial score (nSPS) is 12.6. The lowest BCUT2D eigenvalue weighted by atomic mass is 9.87. The number of ether oxygens (including phenoxy) is 1. The Morgan fingerprint density at radius 3 is 2.37 bits per heavy atom. The van der Waals surface area contributed by atoms with Gasteiger partial charge in [0.1, 0.15) is 5.75 Å². The van der Waals surface area contributed by atoms with Gasteiger partial charge in [-0.05, 0) is 40.6 Å². The van der Waals surface area contributed by atoms with Crippen molar-refractivity contribution in [2.75, 3.05) is 4.72 Å². The van der Waals surface area contributed by atoms with Gasteiger partial charge in [0.25, 0.3) is 5.89 Å². The molecular weight excluding hydrogens is 483 g/mol. The summed E-state index contributed by atoms with van der Waals surface area (Å²) in [5.74, 6) is 1.08. The number of sulfonamides is 1. The van der Waals surface area contributed by atoms with Gasteiger partial charge in [-0.2, -0.15) is 26.6 Å². The van der Waals surface area contributed by atoms with E-state index in [1.54, 1.807) is 18.2 Å². The summed E-state index contributed by atoms with van der Waals surface area (Å²) in [5.41, 5.74) is -3.63. The van der Waals surface area contributed by atoms with Crippen LogP contribution >= 0.6 is 0 Å². The van der Waals surface area contributed by atoms with E-state index in [0.29, 0.717) is 22.3 Å². The molecule has 0 aliphatic heterocycles. The molecule has 0 aliphatic rings. The Morgan fingerprint density at radius 1 is 1.00 bits per heavy atom. The van der Waals surface area contributed by atoms with E-state index in [4.69, 9.17) is 9.26 Å². The van der Waals surface area contributed by atoms with E-state index in [1.807, 2.05) is 24.3 Å². The molecule has 1 aromatic heterocycles. The van der Waals surface area contributed by atoms with E-state index in [1.165, 1.54) is 28.5 Å². The van der Waals surface area contributed by atoms with Crippen LogP contribution in [0, 0.1) is 0 Å². The maximum absolute atomic E-state index is 12.6. The molecule has 0 amide bonds. The minimum absolute atomic E-state index is 0.0245. The van der Waals surface area contributed by atoms with Crippen LogP contribution in [0.4, 0.5) is 18.9 Å². The Bertz CT molecular complexity index is 1460. The first-order valence-electron chi connectivity index (χ1n) is 10.5. The Labute approximate surface area is 200 Å². The van der Waals surface area contributed by atoms with E-state index < -0.39 is 15.5 Å². The first kappa shape index (κ1) is 24.5. The lowest BCUT2D eigenvalue weighted by Crippen LogP contribution is -2.29. The zero-order valence-corrected chi connectivity index (χ0v) is 19.9. The highest BCUT2D eigenvalue weighted by Crippen LogP contribution is 2.31. The third kappa shape index (κ3) is 5.40. The third-order valence-corrected chi connectivity index (χ3v) is 6.34. The summed E-state index contributed by atoms with van der Waals surface area (Å²) < 4.78 is 73.3. The molecule has 1 heterocycles. The summed E-state index contributed by atoms with van der Waals surface area (Å²) in [6.07, 6.45) is 0. The number of anilines is 1. The fourth-order valence-electron chi connectivity index (χ4n) is 3.35. The molecule has 0 atom stereocenters. The predicted molar refractivity (Wildman–Crippen MR) is 125 cm³/mol. The largest absolute Gasteiger partial charge is 0.516 e. The van der Waals surface area contributed by atoms with E-state index in [0.717, 1.165) is 5.56 Å². The fraction of sp³-hybridized carbons (Fsp3) is 0.250. The smallest absolute Gasteiger partial charge is 0.483 e. The van der Waals surface area contributed by atoms with Crippen LogP contribution in [0.15, 0.2) is 65.2 Å². The summed E-state index contributed by atoms with van der Waals surface area (Å²) in [5, 5.41) is 5.05. The number of nitrogens with one attached hydrogen (secondary N) is 1. The van der Waals surface area contributed by atoms with Crippen molar-refractivity contribution in [2.24, 2.45) is 0 Å². The van der Waals surface area contributed by atoms with Crippen LogP contribution in [0.2, 0.25) is 0 Å². The van der Waals surface area contributed by atoms with E-state index >= 15 is 0 Å². The SMILES string of the molecule is CC(C)(C)c1ccc(-c2noc(COc3cccc4cc(NS(=O)(=O)C(F)(F)F)ccc34)n2)cc1. The predicted octanol–water partition coefficient (Wildman–Crippen LogP) is 6.03. The molecule has 0 unspecified atom stereocenters. The number of aromatic nitrogens is 2. The second-order valence-corrected chi connectivity index (χ2v) is 10.5. The number of hydrogen-bond acceptors (Lipinski definition) is 6. The van der Waals surface area contributed by atoms with Crippen LogP contribution in [0.3, 0.4) is 0 Å². The molecule has 35 heavy (non-hydrogen) atoms. The number of hydrogen-bond donors (Lipinski definition) is 1. The Kier molecular flexibility index (Phi) is 6.22. The second-order valence-electron chi connectivity index (χ2n) is 8.87. The topological polar surface area (TPSA) is 94.3 Å². The standard InChI is InChI=1S/C24H22F3N3O4S/c1-23(2,3)17-9-7-15(8-10-17)22-28-21(34-29-22)14-33-20-6-4-5-16-13-18(11-12-19(16)20)30-35(31,32)24(25,26)27/h4-13,30H,14H2,1-3H3. The van der Waals surface area contributed by atoms with Crippen LogP contribution in [-0.4, -0.2) is 24.1 Å². The molecule has 184 valence electrons. The van der Waals surface area contributed by atoms with Crippen LogP contribution in [0.5, 0.6) is 5.75 Å². The van der Waals surface area contributed by atoms with Gasteiger partial charge in [0.15, 0.2) is 6.61 Å². The van der Waals surface area contributed by atoms with E-state index in [2.05, 4.69) is 30.9 Å². The summed E-state index contributed by atoms with van der Waals surface area (Å²) in [4.78, 5) is 4.36. The molecule has 3 aromatic carbocycles. The van der Waals surface area contributed by atoms with Crippen molar-refractivity contribution < 1.29 is 30.8 Å². The molecule has 0 aliphatic carbocycles. The van der Waals surface area contributed by atoms with Crippen molar-refractivity contribution >= 4 is 26.5 Å². The zero-order valence-electron chi connectivity index (χ0n) is 19.1. The number of alkyl halides is 3. The second kappa shape index (κ2) is 8.88. The maximum atomic E-state index is 12.6. The van der Waals surface area contributed by atoms with Crippen molar-refractivity contribution in [1.29, 1.82) is 0 Å². The third-order valence-electron chi connectivity index (χ3n) is 5.23. The maximum Gasteiger partial charge on any atom is 0.516 e. The van der Waals surface area contributed by atoms with E-state index in [-0.39, 0.29) is 23.6 Å². The summed E-state index contributed by atoms with van der Waals surface area (Å²) >= 11 is 0. The first-order valence-corrected chi connectivity index (χ1v) is 12.0. The van der Waals surface area contributed by atoms with Gasteiger partial charge in [-0.3, -0.25) is 4.72 Å². The number of halogens is 3. The lowest BCUT2D eigenvalue weighted by molar-refractivity contribution is -0.0429. The van der Waals surface area contributed by atoms with Gasteiger partial charge in [0.05, 0.1) is 0 Å². The van der Waals surface area contributed by atoms with Crippen molar-refractivity contribution in [3.8, 4) is 17.1 Å². The average molecular weight is 506 g/mol. The van der Waals surface area contributed by atoms with Gasteiger partial charge >= 0.3 is 15.5 Å². The van der Waals surface area contributed by atoms with Gasteiger partial charge in [-0.25, -0.2) is 0 Å². The van der Waals surface area contributed by atoms with Gasteiger partial charge in [-0.1, -0.05) is 62.3 Å². The van der Waals surface area contributed by atoms with Gasteiger partial charge in [0.2, 0.25) is 5.82 Å². The first-order chi connectivity index (χ1) is 16.3. The zero-order chi connectivity index (χ0) is 25.4. The van der Waals surface area contributed by atoms with Gasteiger partial charge in [-0.15, -0.1) is 0 Å². The number of rotatable bonds is 6. The van der Waals surface area contributed by atoms with Gasteiger partial charge in [0, 0.05) is 16.6 Å². The van der Waals surface area contributed by atoms with Crippen molar-refractivity contribution in [1.82, 2.24) is 10.1 Å². The van der Waals surface area contributed by atoms with Crippen LogP contribution < -0.4 is 9.46 Å². The molecule has 0 radical (unpaired) electrons. The van der Waals surface area contributed by atoms with Crippen LogP contribution in [0.1, 0.15) is 32.2 Å². The quantitative estimate of drug-likeness (QED) is 0.344. The molecule has 0 fully saturated rings. The molecular formula is C24H22F3N3O4S. The van der Waals surface area contributed by atoms with Crippen molar-refractivity contribution in [2.45, 2.75) is 38.3 Å². The van der Waals surface area contributed by atoms with E-state index in [9.17, 15) is 21.6 Å². The number of benzene rings is 3. The highest BCUT2D eigenvalue weighted by molar-refractivity contribution is 7.93. The summed E-state index contributed by atoms with van der Waals surface area (Å²) in [6.45, 7) is 6.34. The van der Waals surface area contributed by atoms with Crippen molar-refractivity contribution in [3.63, 3.8) is 0 Å². The minimum atomic E-state index is -5.52. The Hall–Kier alpha value is -3.60. The number of fused-ring (bicyclic) bond motifs is 1. The summed E-state index contributed by atoms with van der Waals surface area (Å²) in [6, 6.07) is 16.8. The van der Waals surface area contributed by atoms with Crippen molar-refractivity contribution in [3.05, 3.63) is 72.1 Å². The van der Waals surface area contributed by atoms with Crippen LogP contribution in [-0.2, 0) is 22.0 Å². The molecule has 11 heteroatoms. The molecule has 4 rings (SSSR count). The minimum Gasteiger partial charge on any atom is -0.483 e. The molecule has 0 saturated carbocycles. The van der Waals surface area contributed by atoms with Gasteiger partial charge < -0.3 is 9.26 Å². The lowest BCUT2D eigenvalue weighted by Gasteiger charge is -2.18.